The predicted molar refractivity (Wildman–Crippen MR) is 78.5 cm³/mol. The first-order chi connectivity index (χ1) is 10.3. The lowest BCUT2D eigenvalue weighted by Crippen LogP contribution is -2.36. The number of nitrogens with one attached hydrogen (secondary N) is 1. The summed E-state index contributed by atoms with van der Waals surface area (Å²) in [7, 11) is 0. The van der Waals surface area contributed by atoms with Crippen molar-refractivity contribution in [3.05, 3.63) is 35.9 Å². The molecule has 0 heterocycles. The Morgan fingerprint density at radius 2 is 1.86 bits per heavy atom. The van der Waals surface area contributed by atoms with Gasteiger partial charge in [-0.1, -0.05) is 44.2 Å². The quantitative estimate of drug-likeness (QED) is 0.813. The molecule has 0 saturated carbocycles. The van der Waals surface area contributed by atoms with Gasteiger partial charge in [-0.2, -0.15) is 13.2 Å². The number of halogens is 3. The number of hydrogen-bond acceptors (Lipinski definition) is 2. The topological polar surface area (TPSA) is 38.3 Å². The Balaban J connectivity index is 2.47. The fourth-order valence-corrected chi connectivity index (χ4v) is 2.09. The van der Waals surface area contributed by atoms with Gasteiger partial charge in [0.2, 0.25) is 0 Å². The molecule has 1 amide bonds. The van der Waals surface area contributed by atoms with E-state index in [1.807, 2.05) is 44.2 Å². The van der Waals surface area contributed by atoms with Crippen molar-refractivity contribution in [1.82, 2.24) is 5.32 Å². The zero-order valence-electron chi connectivity index (χ0n) is 12.8. The van der Waals surface area contributed by atoms with E-state index in [4.69, 9.17) is 4.74 Å². The molecule has 0 aromatic heterocycles. The molecular weight excluding hydrogens is 295 g/mol. The van der Waals surface area contributed by atoms with Crippen LogP contribution in [-0.2, 0) is 11.2 Å². The maximum atomic E-state index is 12.1. The fourth-order valence-electron chi connectivity index (χ4n) is 2.09. The number of amides is 1. The number of carbonyl (C=O) groups is 1. The van der Waals surface area contributed by atoms with Crippen LogP contribution in [0.1, 0.15) is 32.3 Å². The zero-order valence-corrected chi connectivity index (χ0v) is 12.8. The van der Waals surface area contributed by atoms with Gasteiger partial charge < -0.3 is 10.1 Å². The minimum absolute atomic E-state index is 0.288. The van der Waals surface area contributed by atoms with Gasteiger partial charge in [0.05, 0.1) is 0 Å². The maximum absolute atomic E-state index is 12.1. The number of ether oxygens (including phenoxy) is 1. The molecule has 0 radical (unpaired) electrons. The molecule has 1 aromatic carbocycles. The van der Waals surface area contributed by atoms with E-state index in [0.29, 0.717) is 19.3 Å². The SMILES string of the molecule is CC(C)CC(CCc1ccccc1)OC(=O)NCC(F)(F)F. The highest BCUT2D eigenvalue weighted by Crippen LogP contribution is 2.16. The third kappa shape index (κ3) is 8.54. The maximum Gasteiger partial charge on any atom is 0.407 e. The molecular formula is C16H22F3NO2. The van der Waals surface area contributed by atoms with Crippen LogP contribution >= 0.6 is 0 Å². The molecule has 6 heteroatoms. The Morgan fingerprint density at radius 1 is 1.23 bits per heavy atom. The summed E-state index contributed by atoms with van der Waals surface area (Å²) in [6.07, 6.45) is -3.93. The van der Waals surface area contributed by atoms with Crippen molar-refractivity contribution in [2.75, 3.05) is 6.54 Å². The minimum atomic E-state index is -4.43. The van der Waals surface area contributed by atoms with Gasteiger partial charge in [-0.05, 0) is 30.7 Å². The van der Waals surface area contributed by atoms with Crippen molar-refractivity contribution < 1.29 is 22.7 Å². The number of benzene rings is 1. The van der Waals surface area contributed by atoms with Crippen molar-refractivity contribution in [3.8, 4) is 0 Å². The third-order valence-electron chi connectivity index (χ3n) is 3.04. The molecule has 22 heavy (non-hydrogen) atoms. The van der Waals surface area contributed by atoms with E-state index in [9.17, 15) is 18.0 Å². The second kappa shape index (κ2) is 8.66. The van der Waals surface area contributed by atoms with E-state index < -0.39 is 24.9 Å². The highest BCUT2D eigenvalue weighted by Gasteiger charge is 2.28. The first kappa shape index (κ1) is 18.3. The normalized spacial score (nSPS) is 13.0. The van der Waals surface area contributed by atoms with Gasteiger partial charge in [0.15, 0.2) is 0 Å². The van der Waals surface area contributed by atoms with Crippen molar-refractivity contribution in [2.24, 2.45) is 5.92 Å². The van der Waals surface area contributed by atoms with Gasteiger partial charge in [0.25, 0.3) is 0 Å². The molecule has 1 atom stereocenters. The summed E-state index contributed by atoms with van der Waals surface area (Å²) >= 11 is 0. The van der Waals surface area contributed by atoms with Crippen LogP contribution in [0.4, 0.5) is 18.0 Å². The fraction of sp³-hybridized carbons (Fsp3) is 0.562. The molecule has 1 rings (SSSR count). The number of alkyl halides is 3. The highest BCUT2D eigenvalue weighted by molar-refractivity contribution is 5.67. The first-order valence-corrected chi connectivity index (χ1v) is 7.31. The minimum Gasteiger partial charge on any atom is -0.446 e. The predicted octanol–water partition coefficient (Wildman–Crippen LogP) is 4.32. The van der Waals surface area contributed by atoms with Gasteiger partial charge in [-0.25, -0.2) is 4.79 Å². The molecule has 0 aliphatic rings. The summed E-state index contributed by atoms with van der Waals surface area (Å²) in [5.41, 5.74) is 1.11. The number of rotatable bonds is 7. The van der Waals surface area contributed by atoms with Gasteiger partial charge in [0.1, 0.15) is 12.6 Å². The van der Waals surface area contributed by atoms with Gasteiger partial charge in [-0.15, -0.1) is 0 Å². The van der Waals surface area contributed by atoms with E-state index in [-0.39, 0.29) is 5.92 Å². The number of carbonyl (C=O) groups excluding carboxylic acids is 1. The van der Waals surface area contributed by atoms with Gasteiger partial charge in [-0.3, -0.25) is 0 Å². The van der Waals surface area contributed by atoms with Crippen LogP contribution in [-0.4, -0.2) is 24.9 Å². The van der Waals surface area contributed by atoms with Crippen LogP contribution in [0.2, 0.25) is 0 Å². The summed E-state index contributed by atoms with van der Waals surface area (Å²) in [4.78, 5) is 11.5. The van der Waals surface area contributed by atoms with Crippen LogP contribution in [0.15, 0.2) is 30.3 Å². The van der Waals surface area contributed by atoms with E-state index in [1.54, 1.807) is 5.32 Å². The summed E-state index contributed by atoms with van der Waals surface area (Å²) in [6.45, 7) is 2.58. The van der Waals surface area contributed by atoms with Crippen LogP contribution < -0.4 is 5.32 Å². The standard InChI is InChI=1S/C16H22F3NO2/c1-12(2)10-14(9-8-13-6-4-3-5-7-13)22-15(21)20-11-16(17,18)19/h3-7,12,14H,8-11H2,1-2H3,(H,20,21). The smallest absolute Gasteiger partial charge is 0.407 e. The zero-order chi connectivity index (χ0) is 16.6. The highest BCUT2D eigenvalue weighted by atomic mass is 19.4. The average Bonchev–Trinajstić information content (AvgIpc) is 2.42. The summed E-state index contributed by atoms with van der Waals surface area (Å²) < 4.78 is 41.3. The number of hydrogen-bond donors (Lipinski definition) is 1. The van der Waals surface area contributed by atoms with Gasteiger partial charge in [0, 0.05) is 0 Å². The molecule has 3 nitrogen and oxygen atoms in total. The molecule has 0 aliphatic heterocycles. The molecule has 1 aromatic rings. The Kier molecular flexibility index (Phi) is 7.21. The molecule has 124 valence electrons. The van der Waals surface area contributed by atoms with E-state index in [2.05, 4.69) is 0 Å². The van der Waals surface area contributed by atoms with Crippen LogP contribution in [0.25, 0.3) is 0 Å². The summed E-state index contributed by atoms with van der Waals surface area (Å²) in [6, 6.07) is 9.69. The Labute approximate surface area is 128 Å². The Bertz CT molecular complexity index is 446. The Morgan fingerprint density at radius 3 is 2.41 bits per heavy atom. The summed E-state index contributed by atoms with van der Waals surface area (Å²) in [5.74, 6) is 0.288. The number of aryl methyl sites for hydroxylation is 1. The second-order valence-electron chi connectivity index (χ2n) is 5.65. The lowest BCUT2D eigenvalue weighted by Gasteiger charge is -2.20. The molecule has 0 spiro atoms. The van der Waals surface area contributed by atoms with E-state index in [0.717, 1.165) is 5.56 Å². The van der Waals surface area contributed by atoms with E-state index in [1.165, 1.54) is 0 Å². The lowest BCUT2D eigenvalue weighted by atomic mass is 9.99. The number of alkyl carbamates (subject to hydrolysis) is 1. The first-order valence-electron chi connectivity index (χ1n) is 7.31. The van der Waals surface area contributed by atoms with Gasteiger partial charge >= 0.3 is 12.3 Å². The van der Waals surface area contributed by atoms with Crippen molar-refractivity contribution in [2.45, 2.75) is 45.4 Å². The van der Waals surface area contributed by atoms with Crippen molar-refractivity contribution in [1.29, 1.82) is 0 Å². The van der Waals surface area contributed by atoms with Crippen LogP contribution in [0.3, 0.4) is 0 Å². The van der Waals surface area contributed by atoms with Crippen LogP contribution in [0, 0.1) is 5.92 Å². The monoisotopic (exact) mass is 317 g/mol. The molecule has 1 unspecified atom stereocenters. The molecule has 0 aliphatic carbocycles. The molecule has 1 N–H and O–H groups in total. The molecule has 0 fully saturated rings. The largest absolute Gasteiger partial charge is 0.446 e. The average molecular weight is 317 g/mol. The lowest BCUT2D eigenvalue weighted by molar-refractivity contribution is -0.124. The third-order valence-corrected chi connectivity index (χ3v) is 3.04. The van der Waals surface area contributed by atoms with Crippen LogP contribution in [0.5, 0.6) is 0 Å². The second-order valence-corrected chi connectivity index (χ2v) is 5.65. The Hall–Kier alpha value is -1.72. The van der Waals surface area contributed by atoms with Crippen molar-refractivity contribution in [3.63, 3.8) is 0 Å². The molecule has 0 saturated heterocycles. The van der Waals surface area contributed by atoms with E-state index >= 15 is 0 Å². The van der Waals surface area contributed by atoms with Crippen molar-refractivity contribution >= 4 is 6.09 Å². The summed E-state index contributed by atoms with van der Waals surface area (Å²) in [5, 5.41) is 1.74. The molecule has 0 bridgehead atoms.